The first-order chi connectivity index (χ1) is 14.6. The zero-order chi connectivity index (χ0) is 20.7. The van der Waals surface area contributed by atoms with Crippen molar-refractivity contribution >= 4 is 23.1 Å². The summed E-state index contributed by atoms with van der Waals surface area (Å²) in [4.78, 5) is 32.9. The number of carbonyl (C=O) groups excluding carboxylic acids is 2. The second-order valence-corrected chi connectivity index (χ2v) is 7.17. The molecule has 1 saturated heterocycles. The van der Waals surface area contributed by atoms with Crippen LogP contribution in [0.15, 0.2) is 53.3 Å². The fraction of sp³-hybridized carbons (Fsp3) is 0.190. The molecule has 2 amide bonds. The second kappa shape index (κ2) is 7.11. The number of pyridine rings is 1. The Morgan fingerprint density at radius 3 is 3.03 bits per heavy atom. The van der Waals surface area contributed by atoms with Gasteiger partial charge in [0.1, 0.15) is 17.4 Å². The third-order valence-corrected chi connectivity index (χ3v) is 5.13. The molecule has 1 atom stereocenters. The fourth-order valence-electron chi connectivity index (χ4n) is 3.48. The predicted molar refractivity (Wildman–Crippen MR) is 108 cm³/mol. The first-order valence-corrected chi connectivity index (χ1v) is 9.56. The van der Waals surface area contributed by atoms with Gasteiger partial charge < -0.3 is 15.2 Å². The molecular weight excluding hydrogens is 384 g/mol. The van der Waals surface area contributed by atoms with Gasteiger partial charge in [0.25, 0.3) is 5.91 Å². The van der Waals surface area contributed by atoms with E-state index >= 15 is 0 Å². The molecule has 1 aliphatic rings. The maximum absolute atomic E-state index is 12.8. The second-order valence-electron chi connectivity index (χ2n) is 7.17. The van der Waals surface area contributed by atoms with Crippen LogP contribution in [-0.4, -0.2) is 31.3 Å². The molecule has 0 aliphatic carbocycles. The Labute approximate surface area is 171 Å². The highest BCUT2D eigenvalue weighted by atomic mass is 16.5. The number of imidazole rings is 1. The highest BCUT2D eigenvalue weighted by molar-refractivity contribution is 6.04. The largest absolute Gasteiger partial charge is 0.344 e. The van der Waals surface area contributed by atoms with Crippen molar-refractivity contribution in [3.63, 3.8) is 0 Å². The van der Waals surface area contributed by atoms with E-state index in [1.807, 2.05) is 37.3 Å². The van der Waals surface area contributed by atoms with Crippen LogP contribution in [0.3, 0.4) is 0 Å². The summed E-state index contributed by atoms with van der Waals surface area (Å²) in [6.07, 6.45) is 4.43. The number of nitrogens with one attached hydrogen (secondary N) is 2. The minimum absolute atomic E-state index is 0.0209. The van der Waals surface area contributed by atoms with E-state index in [-0.39, 0.29) is 17.9 Å². The van der Waals surface area contributed by atoms with Crippen LogP contribution in [0.2, 0.25) is 0 Å². The van der Waals surface area contributed by atoms with E-state index < -0.39 is 0 Å². The van der Waals surface area contributed by atoms with Crippen molar-refractivity contribution in [2.45, 2.75) is 25.8 Å². The van der Waals surface area contributed by atoms with Crippen LogP contribution in [0.4, 0.5) is 5.69 Å². The number of nitrogens with zero attached hydrogens (tertiary/aromatic N) is 4. The molecule has 0 bridgehead atoms. The maximum atomic E-state index is 12.8. The van der Waals surface area contributed by atoms with Gasteiger partial charge in [-0.25, -0.2) is 4.98 Å². The molecule has 1 fully saturated rings. The summed E-state index contributed by atoms with van der Waals surface area (Å²) < 4.78 is 7.07. The van der Waals surface area contributed by atoms with Crippen molar-refractivity contribution in [2.75, 3.05) is 5.32 Å². The summed E-state index contributed by atoms with van der Waals surface area (Å²) in [7, 11) is 0. The molecule has 150 valence electrons. The average molecular weight is 402 g/mol. The molecule has 1 aliphatic heterocycles. The molecule has 4 aromatic rings. The van der Waals surface area contributed by atoms with Crippen molar-refractivity contribution in [1.29, 1.82) is 0 Å². The zero-order valence-corrected chi connectivity index (χ0v) is 16.1. The molecule has 30 heavy (non-hydrogen) atoms. The molecule has 1 aromatic carbocycles. The van der Waals surface area contributed by atoms with Gasteiger partial charge in [0.2, 0.25) is 17.6 Å². The molecule has 9 heteroatoms. The first-order valence-electron chi connectivity index (χ1n) is 9.56. The van der Waals surface area contributed by atoms with Gasteiger partial charge in [-0.3, -0.25) is 14.0 Å². The Kier molecular flexibility index (Phi) is 4.27. The van der Waals surface area contributed by atoms with Crippen molar-refractivity contribution < 1.29 is 14.1 Å². The Bertz CT molecular complexity index is 1270. The third-order valence-electron chi connectivity index (χ3n) is 5.13. The summed E-state index contributed by atoms with van der Waals surface area (Å²) in [5.41, 5.74) is 3.38. The Morgan fingerprint density at radius 1 is 1.30 bits per heavy atom. The van der Waals surface area contributed by atoms with Gasteiger partial charge in [0, 0.05) is 23.9 Å². The highest BCUT2D eigenvalue weighted by Gasteiger charge is 2.27. The van der Waals surface area contributed by atoms with Crippen LogP contribution in [0.1, 0.15) is 40.8 Å². The molecule has 3 aromatic heterocycles. The predicted octanol–water partition coefficient (Wildman–Crippen LogP) is 2.90. The number of amides is 2. The molecule has 0 spiro atoms. The van der Waals surface area contributed by atoms with E-state index in [0.717, 1.165) is 5.56 Å². The van der Waals surface area contributed by atoms with Gasteiger partial charge in [0.05, 0.1) is 6.20 Å². The Hall–Kier alpha value is -4.01. The third kappa shape index (κ3) is 3.20. The van der Waals surface area contributed by atoms with Gasteiger partial charge >= 0.3 is 0 Å². The van der Waals surface area contributed by atoms with Gasteiger partial charge in [-0.05, 0) is 37.1 Å². The molecule has 0 saturated carbocycles. The molecule has 0 radical (unpaired) electrons. The number of benzene rings is 1. The van der Waals surface area contributed by atoms with E-state index in [1.54, 1.807) is 22.9 Å². The van der Waals surface area contributed by atoms with Gasteiger partial charge in [-0.2, -0.15) is 4.98 Å². The summed E-state index contributed by atoms with van der Waals surface area (Å²) in [5.74, 6) is 0.494. The van der Waals surface area contributed by atoms with Crippen LogP contribution in [-0.2, 0) is 4.79 Å². The standard InChI is InChI=1S/C21H18N6O3/c1-12-5-6-13(19-25-21(30-26-19)14-7-8-18(28)23-14)10-15(12)24-20(29)16-11-22-17-4-2-3-9-27(16)17/h2-6,9-11,14H,7-8H2,1H3,(H,23,28)(H,24,29)/t14-/m0/s1. The van der Waals surface area contributed by atoms with E-state index in [0.29, 0.717) is 47.1 Å². The minimum atomic E-state index is -0.267. The highest BCUT2D eigenvalue weighted by Crippen LogP contribution is 2.27. The van der Waals surface area contributed by atoms with Crippen LogP contribution in [0.5, 0.6) is 0 Å². The van der Waals surface area contributed by atoms with Gasteiger partial charge in [-0.15, -0.1) is 0 Å². The van der Waals surface area contributed by atoms with Crippen molar-refractivity contribution in [3.8, 4) is 11.4 Å². The lowest BCUT2D eigenvalue weighted by atomic mass is 10.1. The summed E-state index contributed by atoms with van der Waals surface area (Å²) in [6, 6.07) is 10.8. The summed E-state index contributed by atoms with van der Waals surface area (Å²) >= 11 is 0. The number of aromatic nitrogens is 4. The van der Waals surface area contributed by atoms with Crippen molar-refractivity contribution in [2.24, 2.45) is 0 Å². The number of carbonyl (C=O) groups is 2. The fourth-order valence-corrected chi connectivity index (χ4v) is 3.48. The van der Waals surface area contributed by atoms with E-state index in [9.17, 15) is 9.59 Å². The van der Waals surface area contributed by atoms with Crippen molar-refractivity contribution in [3.05, 3.63) is 65.9 Å². The quantitative estimate of drug-likeness (QED) is 0.542. The minimum Gasteiger partial charge on any atom is -0.344 e. The number of aryl methyl sites for hydroxylation is 1. The number of anilines is 1. The first kappa shape index (κ1) is 18.0. The number of hydrogen-bond acceptors (Lipinski definition) is 6. The molecule has 2 N–H and O–H groups in total. The van der Waals surface area contributed by atoms with Crippen LogP contribution in [0, 0.1) is 6.92 Å². The van der Waals surface area contributed by atoms with E-state index in [2.05, 4.69) is 25.8 Å². The Balaban J connectivity index is 1.41. The molecule has 5 rings (SSSR count). The van der Waals surface area contributed by atoms with Crippen LogP contribution in [0.25, 0.3) is 17.0 Å². The Morgan fingerprint density at radius 2 is 2.20 bits per heavy atom. The van der Waals surface area contributed by atoms with Gasteiger partial charge in [0.15, 0.2) is 0 Å². The number of fused-ring (bicyclic) bond motifs is 1. The monoisotopic (exact) mass is 402 g/mol. The molecule has 9 nitrogen and oxygen atoms in total. The molecule has 4 heterocycles. The van der Waals surface area contributed by atoms with Crippen LogP contribution < -0.4 is 10.6 Å². The maximum Gasteiger partial charge on any atom is 0.274 e. The average Bonchev–Trinajstić information content (AvgIpc) is 3.48. The lowest BCUT2D eigenvalue weighted by Crippen LogP contribution is -2.18. The molecular formula is C21H18N6O3. The topological polar surface area (TPSA) is 114 Å². The van der Waals surface area contributed by atoms with E-state index in [1.165, 1.54) is 0 Å². The normalized spacial score (nSPS) is 16.0. The SMILES string of the molecule is Cc1ccc(-c2noc([C@@H]3CCC(=O)N3)n2)cc1NC(=O)c1cnc2ccccn12. The summed E-state index contributed by atoms with van der Waals surface area (Å²) in [5, 5.41) is 9.78. The van der Waals surface area contributed by atoms with E-state index in [4.69, 9.17) is 4.52 Å². The lowest BCUT2D eigenvalue weighted by molar-refractivity contribution is -0.119. The smallest absolute Gasteiger partial charge is 0.274 e. The number of rotatable bonds is 4. The number of hydrogen-bond donors (Lipinski definition) is 2. The van der Waals surface area contributed by atoms with Gasteiger partial charge in [-0.1, -0.05) is 23.4 Å². The summed E-state index contributed by atoms with van der Waals surface area (Å²) in [6.45, 7) is 1.91. The van der Waals surface area contributed by atoms with Crippen molar-refractivity contribution in [1.82, 2.24) is 24.8 Å². The van der Waals surface area contributed by atoms with Crippen LogP contribution >= 0.6 is 0 Å². The zero-order valence-electron chi connectivity index (χ0n) is 16.1. The lowest BCUT2D eigenvalue weighted by Gasteiger charge is -2.09. The molecule has 0 unspecified atom stereocenters.